The second kappa shape index (κ2) is 9.89. The number of carbonyl (C=O) groups excluding carboxylic acids is 1. The number of benzene rings is 2. The van der Waals surface area contributed by atoms with Crippen molar-refractivity contribution in [2.45, 2.75) is 71.4 Å². The Balaban J connectivity index is 1.83. The molecule has 2 aromatic carbocycles. The third kappa shape index (κ3) is 5.34. The van der Waals surface area contributed by atoms with Gasteiger partial charge in [0.25, 0.3) is 5.69 Å². The van der Waals surface area contributed by atoms with E-state index >= 15 is 0 Å². The standard InChI is InChI=1S/C25H33N3O5/c1-15(2)21-8-7-9-22(16(3)4)23(21)27-24(29)26-14-25(32-17(5)18(6)33-25)19-10-12-20(13-11-19)28(30)31/h7-13,15-18H,14H2,1-6H3,(H2,26,27,29)/t17-,18-/m1/s1. The summed E-state index contributed by atoms with van der Waals surface area (Å²) in [6, 6.07) is 11.7. The summed E-state index contributed by atoms with van der Waals surface area (Å²) >= 11 is 0. The first-order valence-electron chi connectivity index (χ1n) is 11.3. The van der Waals surface area contributed by atoms with Crippen molar-refractivity contribution >= 4 is 17.4 Å². The number of ether oxygens (including phenoxy) is 2. The molecule has 1 aliphatic rings. The number of nitrogens with one attached hydrogen (secondary N) is 2. The van der Waals surface area contributed by atoms with Gasteiger partial charge in [-0.1, -0.05) is 45.9 Å². The Morgan fingerprint density at radius 3 is 1.97 bits per heavy atom. The van der Waals surface area contributed by atoms with Gasteiger partial charge in [0.1, 0.15) is 0 Å². The summed E-state index contributed by atoms with van der Waals surface area (Å²) in [5.74, 6) is -0.744. The molecule has 8 heteroatoms. The molecule has 0 unspecified atom stereocenters. The van der Waals surface area contributed by atoms with Gasteiger partial charge in [-0.25, -0.2) is 4.79 Å². The second-order valence-corrected chi connectivity index (χ2v) is 9.13. The predicted molar refractivity (Wildman–Crippen MR) is 128 cm³/mol. The summed E-state index contributed by atoms with van der Waals surface area (Å²) in [5, 5.41) is 17.0. The minimum Gasteiger partial charge on any atom is -0.339 e. The highest BCUT2D eigenvalue weighted by atomic mass is 16.8. The van der Waals surface area contributed by atoms with Crippen molar-refractivity contribution in [3.8, 4) is 0 Å². The van der Waals surface area contributed by atoms with Crippen molar-refractivity contribution in [2.24, 2.45) is 0 Å². The Bertz CT molecular complexity index is 967. The van der Waals surface area contributed by atoms with Crippen molar-refractivity contribution in [3.63, 3.8) is 0 Å². The molecule has 1 aliphatic heterocycles. The van der Waals surface area contributed by atoms with Crippen molar-refractivity contribution in [2.75, 3.05) is 11.9 Å². The molecule has 178 valence electrons. The highest BCUT2D eigenvalue weighted by Crippen LogP contribution is 2.38. The van der Waals surface area contributed by atoms with E-state index in [1.54, 1.807) is 12.1 Å². The zero-order valence-electron chi connectivity index (χ0n) is 20.0. The summed E-state index contributed by atoms with van der Waals surface area (Å²) in [5.41, 5.74) is 3.54. The van der Waals surface area contributed by atoms with Gasteiger partial charge in [0, 0.05) is 23.4 Å². The molecular formula is C25H33N3O5. The van der Waals surface area contributed by atoms with Crippen LogP contribution in [0.5, 0.6) is 0 Å². The van der Waals surface area contributed by atoms with Crippen LogP contribution in [0.25, 0.3) is 0 Å². The minimum atomic E-state index is -1.23. The molecule has 0 radical (unpaired) electrons. The molecule has 3 rings (SSSR count). The molecule has 2 aromatic rings. The van der Waals surface area contributed by atoms with Gasteiger partial charge in [-0.3, -0.25) is 10.1 Å². The molecule has 1 heterocycles. The Morgan fingerprint density at radius 2 is 1.52 bits per heavy atom. The fourth-order valence-corrected chi connectivity index (χ4v) is 4.03. The van der Waals surface area contributed by atoms with Crippen LogP contribution in [0.4, 0.5) is 16.2 Å². The molecule has 0 bridgehead atoms. The number of hydrogen-bond acceptors (Lipinski definition) is 5. The van der Waals surface area contributed by atoms with Crippen molar-refractivity contribution < 1.29 is 19.2 Å². The van der Waals surface area contributed by atoms with Gasteiger partial charge in [0.15, 0.2) is 0 Å². The molecule has 8 nitrogen and oxygen atoms in total. The van der Waals surface area contributed by atoms with Gasteiger partial charge in [0.05, 0.1) is 23.7 Å². The van der Waals surface area contributed by atoms with Gasteiger partial charge in [-0.2, -0.15) is 0 Å². The van der Waals surface area contributed by atoms with E-state index in [0.717, 1.165) is 16.8 Å². The van der Waals surface area contributed by atoms with Crippen LogP contribution in [0.1, 0.15) is 70.1 Å². The number of hydrogen-bond donors (Lipinski definition) is 2. The first-order valence-corrected chi connectivity index (χ1v) is 11.3. The largest absolute Gasteiger partial charge is 0.339 e. The van der Waals surface area contributed by atoms with E-state index in [0.29, 0.717) is 5.56 Å². The number of rotatable bonds is 7. The fraction of sp³-hybridized carbons (Fsp3) is 0.480. The number of urea groups is 1. The number of nitrogens with zero attached hydrogens (tertiary/aromatic N) is 1. The summed E-state index contributed by atoms with van der Waals surface area (Å²) in [7, 11) is 0. The number of carbonyl (C=O) groups is 1. The van der Waals surface area contributed by atoms with Crippen LogP contribution in [0, 0.1) is 10.1 Å². The van der Waals surface area contributed by atoms with Crippen molar-refractivity contribution in [1.82, 2.24) is 5.32 Å². The Labute approximate surface area is 194 Å². The summed E-state index contributed by atoms with van der Waals surface area (Å²) < 4.78 is 12.3. The topological polar surface area (TPSA) is 103 Å². The van der Waals surface area contributed by atoms with Gasteiger partial charge in [-0.15, -0.1) is 0 Å². The lowest BCUT2D eigenvalue weighted by atomic mass is 9.93. The number of amides is 2. The van der Waals surface area contributed by atoms with E-state index in [4.69, 9.17) is 9.47 Å². The Morgan fingerprint density at radius 1 is 1.00 bits per heavy atom. The Kier molecular flexibility index (Phi) is 7.39. The van der Waals surface area contributed by atoms with Crippen LogP contribution >= 0.6 is 0 Å². The second-order valence-electron chi connectivity index (χ2n) is 9.13. The van der Waals surface area contributed by atoms with E-state index in [1.165, 1.54) is 12.1 Å². The van der Waals surface area contributed by atoms with Crippen molar-refractivity contribution in [1.29, 1.82) is 0 Å². The van der Waals surface area contributed by atoms with Crippen LogP contribution in [0.15, 0.2) is 42.5 Å². The van der Waals surface area contributed by atoms with E-state index < -0.39 is 10.7 Å². The molecule has 0 aromatic heterocycles. The lowest BCUT2D eigenvalue weighted by molar-refractivity contribution is -0.384. The number of nitro groups is 1. The maximum Gasteiger partial charge on any atom is 0.319 e. The van der Waals surface area contributed by atoms with E-state index in [2.05, 4.69) is 38.3 Å². The third-order valence-corrected chi connectivity index (χ3v) is 6.02. The van der Waals surface area contributed by atoms with Gasteiger partial charge >= 0.3 is 6.03 Å². The van der Waals surface area contributed by atoms with E-state index in [-0.39, 0.29) is 42.3 Å². The maximum atomic E-state index is 13.0. The maximum absolute atomic E-state index is 13.0. The molecule has 1 saturated heterocycles. The van der Waals surface area contributed by atoms with Crippen LogP contribution in [-0.4, -0.2) is 29.7 Å². The monoisotopic (exact) mass is 455 g/mol. The van der Waals surface area contributed by atoms with Crippen LogP contribution in [0.3, 0.4) is 0 Å². The molecule has 1 fully saturated rings. The van der Waals surface area contributed by atoms with Gasteiger partial charge < -0.3 is 20.1 Å². The van der Waals surface area contributed by atoms with E-state index in [1.807, 2.05) is 32.0 Å². The lowest BCUT2D eigenvalue weighted by Gasteiger charge is -2.29. The first kappa shape index (κ1) is 24.7. The van der Waals surface area contributed by atoms with Crippen LogP contribution < -0.4 is 10.6 Å². The first-order chi connectivity index (χ1) is 15.5. The summed E-state index contributed by atoms with van der Waals surface area (Å²) in [6.45, 7) is 12.2. The summed E-state index contributed by atoms with van der Waals surface area (Å²) in [4.78, 5) is 23.6. The summed E-state index contributed by atoms with van der Waals surface area (Å²) in [6.07, 6.45) is -0.418. The quantitative estimate of drug-likeness (QED) is 0.415. The lowest BCUT2D eigenvalue weighted by Crippen LogP contribution is -2.44. The number of anilines is 1. The number of para-hydroxylation sites is 1. The third-order valence-electron chi connectivity index (χ3n) is 6.02. The predicted octanol–water partition coefficient (Wildman–Crippen LogP) is 5.64. The average Bonchev–Trinajstić information content (AvgIpc) is 3.06. The van der Waals surface area contributed by atoms with Crippen LogP contribution in [0.2, 0.25) is 0 Å². The average molecular weight is 456 g/mol. The fourth-order valence-electron chi connectivity index (χ4n) is 4.03. The Hall–Kier alpha value is -2.97. The normalized spacial score (nSPS) is 19.6. The molecule has 0 saturated carbocycles. The molecular weight excluding hydrogens is 422 g/mol. The smallest absolute Gasteiger partial charge is 0.319 e. The van der Waals surface area contributed by atoms with E-state index in [9.17, 15) is 14.9 Å². The molecule has 33 heavy (non-hydrogen) atoms. The number of non-ortho nitro benzene ring substituents is 1. The molecule has 0 spiro atoms. The van der Waals surface area contributed by atoms with Gasteiger partial charge in [-0.05, 0) is 48.9 Å². The molecule has 0 aliphatic carbocycles. The zero-order valence-corrected chi connectivity index (χ0v) is 20.0. The molecule has 2 amide bonds. The zero-order chi connectivity index (χ0) is 24.3. The number of nitro benzene ring substituents is 1. The highest BCUT2D eigenvalue weighted by molar-refractivity contribution is 5.91. The highest BCUT2D eigenvalue weighted by Gasteiger charge is 2.46. The molecule has 2 atom stereocenters. The van der Waals surface area contributed by atoms with Crippen LogP contribution in [-0.2, 0) is 15.3 Å². The minimum absolute atomic E-state index is 0.0230. The van der Waals surface area contributed by atoms with Crippen molar-refractivity contribution in [3.05, 3.63) is 69.3 Å². The molecule has 2 N–H and O–H groups in total. The van der Waals surface area contributed by atoms with Gasteiger partial charge in [0.2, 0.25) is 5.79 Å². The SMILES string of the molecule is CC(C)c1cccc(C(C)C)c1NC(=O)NCC1(c2ccc([N+](=O)[O-])cc2)O[C@H](C)[C@@H](C)O1.